The predicted octanol–water partition coefficient (Wildman–Crippen LogP) is -1.90. The molecule has 1 fully saturated rings. The fourth-order valence-corrected chi connectivity index (χ4v) is 1.98. The molecule has 130 valence electrons. The molecule has 0 aromatic heterocycles. The Bertz CT molecular complexity index is 468. The van der Waals surface area contributed by atoms with E-state index >= 15 is 0 Å². The molecule has 1 heterocycles. The predicted molar refractivity (Wildman–Crippen MR) is 80.6 cm³/mol. The highest BCUT2D eigenvalue weighted by Gasteiger charge is 2.36. The number of hydrogen-bond acceptors (Lipinski definition) is 7. The molecule has 0 amide bonds. The summed E-state index contributed by atoms with van der Waals surface area (Å²) in [6.07, 6.45) is -3.89. The van der Waals surface area contributed by atoms with Gasteiger partial charge in [0.25, 0.3) is 0 Å². The van der Waals surface area contributed by atoms with Crippen LogP contribution in [0.3, 0.4) is 0 Å². The van der Waals surface area contributed by atoms with Gasteiger partial charge in [-0.1, -0.05) is 30.3 Å². The molecule has 1 aromatic rings. The van der Waals surface area contributed by atoms with Gasteiger partial charge in [-0.15, -0.1) is 0 Å². The summed E-state index contributed by atoms with van der Waals surface area (Å²) in [7, 11) is 0. The first-order valence-corrected chi connectivity index (χ1v) is 7.15. The third-order valence-corrected chi connectivity index (χ3v) is 3.40. The highest BCUT2D eigenvalue weighted by atomic mass is 16.5. The van der Waals surface area contributed by atoms with E-state index in [1.165, 1.54) is 0 Å². The van der Waals surface area contributed by atoms with Gasteiger partial charge in [0.15, 0.2) is 0 Å². The molecule has 8 nitrogen and oxygen atoms in total. The van der Waals surface area contributed by atoms with E-state index in [0.717, 1.165) is 5.56 Å². The highest BCUT2D eigenvalue weighted by molar-refractivity contribution is 5.73. The molecule has 1 saturated heterocycles. The molecular weight excluding hydrogens is 306 g/mol. The third-order valence-electron chi connectivity index (χ3n) is 3.40. The number of carbonyl (C=O) groups is 1. The summed E-state index contributed by atoms with van der Waals surface area (Å²) in [4.78, 5) is 10.4. The van der Waals surface area contributed by atoms with Crippen LogP contribution in [0.1, 0.15) is 5.56 Å². The number of hydrogen-bond donors (Lipinski definition) is 6. The number of aliphatic carboxylic acids is 1. The number of rotatable bonds is 4. The van der Waals surface area contributed by atoms with Crippen molar-refractivity contribution in [2.45, 2.75) is 36.9 Å². The topological polar surface area (TPSA) is 153 Å². The van der Waals surface area contributed by atoms with E-state index in [1.807, 2.05) is 30.3 Å². The van der Waals surface area contributed by atoms with Gasteiger partial charge in [-0.05, 0) is 12.0 Å². The smallest absolute Gasteiger partial charge is 0.320 e. The van der Waals surface area contributed by atoms with E-state index in [-0.39, 0.29) is 13.2 Å². The first-order chi connectivity index (χ1) is 10.9. The van der Waals surface area contributed by atoms with Crippen LogP contribution >= 0.6 is 0 Å². The van der Waals surface area contributed by atoms with E-state index in [2.05, 4.69) is 0 Å². The minimum atomic E-state index is -1.22. The molecule has 2 rings (SSSR count). The lowest BCUT2D eigenvalue weighted by atomic mass is 10.0. The molecule has 23 heavy (non-hydrogen) atoms. The Morgan fingerprint density at radius 2 is 1.83 bits per heavy atom. The van der Waals surface area contributed by atoms with Gasteiger partial charge in [0, 0.05) is 0 Å². The Balaban J connectivity index is 0.000000231. The van der Waals surface area contributed by atoms with Gasteiger partial charge in [0.1, 0.15) is 30.5 Å². The van der Waals surface area contributed by atoms with Crippen molar-refractivity contribution in [3.8, 4) is 0 Å². The van der Waals surface area contributed by atoms with E-state index in [4.69, 9.17) is 36.0 Å². The fourth-order valence-electron chi connectivity index (χ4n) is 1.98. The Labute approximate surface area is 133 Å². The Hall–Kier alpha value is -1.55. The molecule has 0 spiro atoms. The van der Waals surface area contributed by atoms with Crippen molar-refractivity contribution in [2.24, 2.45) is 5.73 Å². The number of carboxylic acid groups (broad SMARTS) is 1. The van der Waals surface area contributed by atoms with Crippen molar-refractivity contribution in [3.05, 3.63) is 35.9 Å². The standard InChI is InChI=1S/C9H11NO2.C6H12O5/c10-8(9(11)12)6-7-4-2-1-3-5-7;7-1-4-6(10)5(9)3(8)2-11-4/h1-5,8H,6,10H2,(H,11,12);3-10H,1-2H2/t8-;3-,4+,5+,6-/m00/s1. The second-order valence-corrected chi connectivity index (χ2v) is 5.24. The van der Waals surface area contributed by atoms with E-state index in [0.29, 0.717) is 6.42 Å². The zero-order valence-corrected chi connectivity index (χ0v) is 12.5. The number of nitrogens with two attached hydrogens (primary N) is 1. The molecule has 1 aromatic carbocycles. The quantitative estimate of drug-likeness (QED) is 0.374. The number of benzene rings is 1. The molecule has 5 atom stereocenters. The van der Waals surface area contributed by atoms with Crippen LogP contribution in [0.15, 0.2) is 30.3 Å². The van der Waals surface area contributed by atoms with Crippen LogP contribution in [0.4, 0.5) is 0 Å². The van der Waals surface area contributed by atoms with Crippen molar-refractivity contribution in [1.29, 1.82) is 0 Å². The molecular formula is C15H23NO7. The van der Waals surface area contributed by atoms with Crippen LogP contribution in [0.25, 0.3) is 0 Å². The van der Waals surface area contributed by atoms with Crippen LogP contribution in [0.2, 0.25) is 0 Å². The van der Waals surface area contributed by atoms with Gasteiger partial charge < -0.3 is 36.0 Å². The first-order valence-electron chi connectivity index (χ1n) is 7.15. The SMILES string of the molecule is N[C@@H](Cc1ccccc1)C(=O)O.OC[C@H]1OC[C@H](O)[C@@H](O)[C@H]1O. The van der Waals surface area contributed by atoms with Gasteiger partial charge in [-0.2, -0.15) is 0 Å². The Morgan fingerprint density at radius 1 is 1.22 bits per heavy atom. The van der Waals surface area contributed by atoms with E-state index in [9.17, 15) is 4.79 Å². The summed E-state index contributed by atoms with van der Waals surface area (Å²) < 4.78 is 4.81. The molecule has 1 aliphatic heterocycles. The monoisotopic (exact) mass is 329 g/mol. The third kappa shape index (κ3) is 6.22. The van der Waals surface area contributed by atoms with Crippen molar-refractivity contribution >= 4 is 5.97 Å². The molecule has 8 heteroatoms. The summed E-state index contributed by atoms with van der Waals surface area (Å²) in [6, 6.07) is 8.54. The molecule has 7 N–H and O–H groups in total. The molecule has 1 aliphatic rings. The van der Waals surface area contributed by atoms with Gasteiger partial charge in [0.2, 0.25) is 0 Å². The molecule has 0 unspecified atom stereocenters. The average molecular weight is 329 g/mol. The average Bonchev–Trinajstić information content (AvgIpc) is 2.54. The second-order valence-electron chi connectivity index (χ2n) is 5.24. The van der Waals surface area contributed by atoms with Gasteiger partial charge >= 0.3 is 5.97 Å². The number of ether oxygens (including phenoxy) is 1. The summed E-state index contributed by atoms with van der Waals surface area (Å²) in [5.74, 6) is -0.959. The summed E-state index contributed by atoms with van der Waals surface area (Å²) >= 11 is 0. The zero-order valence-electron chi connectivity index (χ0n) is 12.5. The van der Waals surface area contributed by atoms with Gasteiger partial charge in [-0.3, -0.25) is 4.79 Å². The molecule has 0 radical (unpaired) electrons. The minimum Gasteiger partial charge on any atom is -0.480 e. The number of carboxylic acids is 1. The van der Waals surface area contributed by atoms with Gasteiger partial charge in [0.05, 0.1) is 13.2 Å². The van der Waals surface area contributed by atoms with Crippen LogP contribution in [0, 0.1) is 0 Å². The number of aliphatic hydroxyl groups is 4. The number of aliphatic hydroxyl groups excluding tert-OH is 4. The normalized spacial score (nSPS) is 28.4. The first kappa shape index (κ1) is 19.5. The zero-order chi connectivity index (χ0) is 17.4. The van der Waals surface area contributed by atoms with Crippen molar-refractivity contribution < 1.29 is 35.1 Å². The Morgan fingerprint density at radius 3 is 2.35 bits per heavy atom. The lowest BCUT2D eigenvalue weighted by Gasteiger charge is -2.34. The molecule has 0 aliphatic carbocycles. The lowest BCUT2D eigenvalue weighted by Crippen LogP contribution is -2.53. The summed E-state index contributed by atoms with van der Waals surface area (Å²) in [5, 5.41) is 44.2. The van der Waals surface area contributed by atoms with Crippen LogP contribution in [-0.2, 0) is 16.0 Å². The lowest BCUT2D eigenvalue weighted by molar-refractivity contribution is -0.195. The highest BCUT2D eigenvalue weighted by Crippen LogP contribution is 2.14. The largest absolute Gasteiger partial charge is 0.480 e. The minimum absolute atomic E-state index is 0.0521. The molecule has 0 bridgehead atoms. The van der Waals surface area contributed by atoms with E-state index in [1.54, 1.807) is 0 Å². The van der Waals surface area contributed by atoms with Crippen LogP contribution in [0.5, 0.6) is 0 Å². The second kappa shape index (κ2) is 9.56. The molecule has 0 saturated carbocycles. The van der Waals surface area contributed by atoms with Crippen molar-refractivity contribution in [2.75, 3.05) is 13.2 Å². The fraction of sp³-hybridized carbons (Fsp3) is 0.533. The van der Waals surface area contributed by atoms with Crippen molar-refractivity contribution in [3.63, 3.8) is 0 Å². The Kier molecular flexibility index (Phi) is 8.10. The maximum atomic E-state index is 10.4. The maximum absolute atomic E-state index is 10.4. The summed E-state index contributed by atoms with van der Waals surface area (Å²) in [6.45, 7) is -0.408. The van der Waals surface area contributed by atoms with Crippen LogP contribution in [-0.4, -0.2) is 75.2 Å². The van der Waals surface area contributed by atoms with Crippen molar-refractivity contribution in [1.82, 2.24) is 0 Å². The summed E-state index contributed by atoms with van der Waals surface area (Å²) in [5.41, 5.74) is 6.30. The van der Waals surface area contributed by atoms with Gasteiger partial charge in [-0.25, -0.2) is 0 Å². The van der Waals surface area contributed by atoms with Crippen LogP contribution < -0.4 is 5.73 Å². The maximum Gasteiger partial charge on any atom is 0.320 e. The van der Waals surface area contributed by atoms with E-state index < -0.39 is 36.4 Å².